The van der Waals surface area contributed by atoms with Gasteiger partial charge in [-0.1, -0.05) is 36.9 Å². The van der Waals surface area contributed by atoms with Gasteiger partial charge in [0.25, 0.3) is 0 Å². The number of esters is 1. The van der Waals surface area contributed by atoms with Crippen LogP contribution in [0.1, 0.15) is 18.1 Å². The number of rotatable bonds is 2. The largest absolute Gasteiger partial charge is 0.422 e. The fourth-order valence-corrected chi connectivity index (χ4v) is 1.96. The van der Waals surface area contributed by atoms with Crippen molar-refractivity contribution in [3.8, 4) is 16.9 Å². The van der Waals surface area contributed by atoms with E-state index in [4.69, 9.17) is 4.74 Å². The number of carbonyl (C=O) groups is 1. The first-order valence-electron chi connectivity index (χ1n) is 5.88. The van der Waals surface area contributed by atoms with Crippen LogP contribution >= 0.6 is 0 Å². The summed E-state index contributed by atoms with van der Waals surface area (Å²) in [7, 11) is 0. The van der Waals surface area contributed by atoms with E-state index in [0.29, 0.717) is 11.3 Å². The zero-order valence-electron chi connectivity index (χ0n) is 10.9. The van der Waals surface area contributed by atoms with Crippen LogP contribution in [0.15, 0.2) is 42.5 Å². The molecule has 18 heavy (non-hydrogen) atoms. The number of carbonyl (C=O) groups excluding carboxylic acids is 1. The first kappa shape index (κ1) is 12.4. The molecule has 2 heteroatoms. The molecule has 0 fully saturated rings. The van der Waals surface area contributed by atoms with Gasteiger partial charge >= 0.3 is 5.97 Å². The Morgan fingerprint density at radius 2 is 1.67 bits per heavy atom. The molecule has 2 nitrogen and oxygen atoms in total. The van der Waals surface area contributed by atoms with Crippen LogP contribution in [0.2, 0.25) is 0 Å². The van der Waals surface area contributed by atoms with Crippen LogP contribution in [0.4, 0.5) is 0 Å². The minimum absolute atomic E-state index is 0.378. The van der Waals surface area contributed by atoms with Crippen LogP contribution in [0.5, 0.6) is 5.75 Å². The second-order valence-corrected chi connectivity index (χ2v) is 4.49. The second kappa shape index (κ2) is 4.65. The van der Waals surface area contributed by atoms with Gasteiger partial charge in [-0.15, -0.1) is 0 Å². The smallest absolute Gasteiger partial charge is 0.338 e. The molecule has 2 aliphatic carbocycles. The van der Waals surface area contributed by atoms with E-state index in [0.717, 1.165) is 22.3 Å². The lowest BCUT2D eigenvalue weighted by Gasteiger charge is -2.05. The molecule has 0 aromatic rings. The normalized spacial score (nSPS) is 10.4. The molecule has 0 aliphatic heterocycles. The van der Waals surface area contributed by atoms with Gasteiger partial charge in [0.1, 0.15) is 5.75 Å². The minimum atomic E-state index is -0.378. The summed E-state index contributed by atoms with van der Waals surface area (Å²) in [6.07, 6.45) is 0. The third kappa shape index (κ3) is 2.02. The number of ether oxygens (including phenoxy) is 1. The number of hydrogen-bond acceptors (Lipinski definition) is 2. The maximum Gasteiger partial charge on any atom is 0.338 e. The number of hydrogen-bond donors (Lipinski definition) is 0. The maximum atomic E-state index is 11.7. The molecule has 0 spiro atoms. The summed E-state index contributed by atoms with van der Waals surface area (Å²) in [4.78, 5) is 11.7. The zero-order valence-corrected chi connectivity index (χ0v) is 10.9. The lowest BCUT2D eigenvalue weighted by molar-refractivity contribution is -0.130. The molecule has 2 rings (SSSR count). The highest BCUT2D eigenvalue weighted by Crippen LogP contribution is 2.41. The van der Waals surface area contributed by atoms with Crippen LogP contribution < -0.4 is 4.74 Å². The van der Waals surface area contributed by atoms with Crippen molar-refractivity contribution in [3.05, 3.63) is 53.6 Å². The Hall–Kier alpha value is -2.09. The van der Waals surface area contributed by atoms with Crippen molar-refractivity contribution in [2.24, 2.45) is 0 Å². The molecule has 0 radical (unpaired) electrons. The molecular weight excluding hydrogens is 224 g/mol. The molecule has 92 valence electrons. The summed E-state index contributed by atoms with van der Waals surface area (Å²) in [6, 6.07) is 9.89. The lowest BCUT2D eigenvalue weighted by atomic mass is 10.1. The first-order chi connectivity index (χ1) is 8.52. The molecule has 0 N–H and O–H groups in total. The van der Waals surface area contributed by atoms with Gasteiger partial charge in [0.05, 0.1) is 0 Å². The van der Waals surface area contributed by atoms with E-state index in [-0.39, 0.29) is 5.97 Å². The Kier molecular flexibility index (Phi) is 3.19. The second-order valence-electron chi connectivity index (χ2n) is 4.49. The SMILES string of the molecule is C=C(C)C(=O)Oc1c2cccccc-2c(C)c1C. The summed E-state index contributed by atoms with van der Waals surface area (Å²) in [5.74, 6) is 0.267. The zero-order chi connectivity index (χ0) is 13.3. The van der Waals surface area contributed by atoms with E-state index in [9.17, 15) is 4.79 Å². The summed E-state index contributed by atoms with van der Waals surface area (Å²) in [5, 5.41) is 0. The molecule has 0 saturated heterocycles. The summed E-state index contributed by atoms with van der Waals surface area (Å²) in [6.45, 7) is 9.26. The van der Waals surface area contributed by atoms with Gasteiger partial charge in [-0.3, -0.25) is 0 Å². The topological polar surface area (TPSA) is 26.3 Å². The van der Waals surface area contributed by atoms with E-state index < -0.39 is 0 Å². The van der Waals surface area contributed by atoms with Crippen LogP contribution in [0.3, 0.4) is 0 Å². The van der Waals surface area contributed by atoms with Crippen molar-refractivity contribution in [1.82, 2.24) is 0 Å². The van der Waals surface area contributed by atoms with Crippen molar-refractivity contribution in [2.45, 2.75) is 20.8 Å². The summed E-state index contributed by atoms with van der Waals surface area (Å²) >= 11 is 0. The van der Waals surface area contributed by atoms with Crippen LogP contribution in [-0.4, -0.2) is 5.97 Å². The molecular formula is C16H16O2. The lowest BCUT2D eigenvalue weighted by Crippen LogP contribution is -2.08. The average Bonchev–Trinajstić information content (AvgIpc) is 2.54. The average molecular weight is 240 g/mol. The molecule has 0 aromatic carbocycles. The Morgan fingerprint density at radius 1 is 1.06 bits per heavy atom. The van der Waals surface area contributed by atoms with E-state index in [1.807, 2.05) is 44.2 Å². The highest BCUT2D eigenvalue weighted by atomic mass is 16.5. The van der Waals surface area contributed by atoms with E-state index in [1.54, 1.807) is 6.92 Å². The van der Waals surface area contributed by atoms with Crippen LogP contribution in [-0.2, 0) is 4.79 Å². The standard InChI is InChI=1S/C16H16O2/c1-10(2)16(17)18-15-12(4)11(3)13-8-6-5-7-9-14(13)15/h5-9H,1H2,2-4H3. The Bertz CT molecular complexity index is 596. The van der Waals surface area contributed by atoms with Crippen molar-refractivity contribution < 1.29 is 9.53 Å². The Morgan fingerprint density at radius 3 is 2.28 bits per heavy atom. The van der Waals surface area contributed by atoms with Gasteiger partial charge in [-0.05, 0) is 37.5 Å². The molecule has 2 aliphatic rings. The maximum absolute atomic E-state index is 11.7. The van der Waals surface area contributed by atoms with Gasteiger partial charge < -0.3 is 4.74 Å². The number of fused-ring (bicyclic) bond motifs is 1. The van der Waals surface area contributed by atoms with Gasteiger partial charge in [0, 0.05) is 11.1 Å². The molecule has 0 atom stereocenters. The fraction of sp³-hybridized carbons (Fsp3) is 0.188. The Balaban J connectivity index is 2.56. The van der Waals surface area contributed by atoms with Gasteiger partial charge in [-0.2, -0.15) is 0 Å². The monoisotopic (exact) mass is 240 g/mol. The molecule has 0 saturated carbocycles. The molecule has 0 heterocycles. The highest BCUT2D eigenvalue weighted by Gasteiger charge is 2.20. The van der Waals surface area contributed by atoms with Crippen molar-refractivity contribution in [3.63, 3.8) is 0 Å². The summed E-state index contributed by atoms with van der Waals surface area (Å²) < 4.78 is 5.44. The van der Waals surface area contributed by atoms with Crippen molar-refractivity contribution in [2.75, 3.05) is 0 Å². The fourth-order valence-electron chi connectivity index (χ4n) is 1.96. The first-order valence-corrected chi connectivity index (χ1v) is 5.88. The minimum Gasteiger partial charge on any atom is -0.422 e. The van der Waals surface area contributed by atoms with Gasteiger partial charge in [0.2, 0.25) is 0 Å². The third-order valence-corrected chi connectivity index (χ3v) is 3.13. The summed E-state index contributed by atoms with van der Waals surface area (Å²) in [5.41, 5.74) is 4.63. The third-order valence-electron chi connectivity index (χ3n) is 3.13. The molecule has 0 amide bonds. The molecule has 0 bridgehead atoms. The van der Waals surface area contributed by atoms with Crippen LogP contribution in [0, 0.1) is 13.8 Å². The van der Waals surface area contributed by atoms with Crippen LogP contribution in [0.25, 0.3) is 11.1 Å². The quantitative estimate of drug-likeness (QED) is 0.588. The molecule has 0 aromatic heterocycles. The predicted molar refractivity (Wildman–Crippen MR) is 73.0 cm³/mol. The highest BCUT2D eigenvalue weighted by molar-refractivity contribution is 5.92. The Labute approximate surface area is 107 Å². The van der Waals surface area contributed by atoms with Gasteiger partial charge in [0.15, 0.2) is 0 Å². The van der Waals surface area contributed by atoms with Crippen molar-refractivity contribution in [1.29, 1.82) is 0 Å². The van der Waals surface area contributed by atoms with Gasteiger partial charge in [-0.25, -0.2) is 4.79 Å². The van der Waals surface area contributed by atoms with E-state index in [1.165, 1.54) is 0 Å². The van der Waals surface area contributed by atoms with E-state index in [2.05, 4.69) is 6.58 Å². The van der Waals surface area contributed by atoms with E-state index >= 15 is 0 Å². The predicted octanol–water partition coefficient (Wildman–Crippen LogP) is 3.89. The van der Waals surface area contributed by atoms with Crippen molar-refractivity contribution >= 4 is 5.97 Å². The molecule has 0 unspecified atom stereocenters.